The minimum Gasteiger partial charge on any atom is -0.479 e. The molecule has 0 bridgehead atoms. The Hall–Kier alpha value is -3.08. The fraction of sp³-hybridized carbons (Fsp3) is 0.158. The van der Waals surface area contributed by atoms with Crippen molar-refractivity contribution in [3.63, 3.8) is 0 Å². The first-order valence-corrected chi connectivity index (χ1v) is 7.46. The molecule has 0 unspecified atom stereocenters. The Morgan fingerprint density at radius 1 is 1.08 bits per heavy atom. The molecule has 0 aliphatic rings. The van der Waals surface area contributed by atoms with Crippen LogP contribution < -0.4 is 10.4 Å². The van der Waals surface area contributed by atoms with Crippen LogP contribution in [0.25, 0.3) is 22.1 Å². The van der Waals surface area contributed by atoms with Crippen molar-refractivity contribution < 1.29 is 18.7 Å². The minimum absolute atomic E-state index is 0.397. The van der Waals surface area contributed by atoms with E-state index in [0.717, 1.165) is 10.9 Å². The Bertz CT molecular complexity index is 927. The molecule has 1 heterocycles. The van der Waals surface area contributed by atoms with Gasteiger partial charge in [0, 0.05) is 11.5 Å². The quantitative estimate of drug-likeness (QED) is 0.543. The lowest BCUT2D eigenvalue weighted by Gasteiger charge is -2.12. The van der Waals surface area contributed by atoms with Crippen LogP contribution in [0.3, 0.4) is 0 Å². The average Bonchev–Trinajstić information content (AvgIpc) is 2.61. The van der Waals surface area contributed by atoms with Crippen molar-refractivity contribution in [2.75, 3.05) is 7.11 Å². The number of rotatable bonds is 4. The number of methoxy groups -OCH3 is 1. The highest BCUT2D eigenvalue weighted by atomic mass is 16.6. The van der Waals surface area contributed by atoms with Crippen molar-refractivity contribution in [2.24, 2.45) is 0 Å². The van der Waals surface area contributed by atoms with Crippen molar-refractivity contribution in [1.82, 2.24) is 0 Å². The van der Waals surface area contributed by atoms with Gasteiger partial charge in [-0.15, -0.1) is 0 Å². The topological polar surface area (TPSA) is 65.7 Å². The Morgan fingerprint density at radius 3 is 2.54 bits per heavy atom. The molecule has 5 nitrogen and oxygen atoms in total. The van der Waals surface area contributed by atoms with Gasteiger partial charge >= 0.3 is 11.6 Å². The van der Waals surface area contributed by atoms with Gasteiger partial charge in [-0.25, -0.2) is 9.59 Å². The van der Waals surface area contributed by atoms with Gasteiger partial charge in [-0.1, -0.05) is 30.3 Å². The van der Waals surface area contributed by atoms with Crippen molar-refractivity contribution in [3.05, 3.63) is 65.0 Å². The van der Waals surface area contributed by atoms with Gasteiger partial charge in [0.1, 0.15) is 11.3 Å². The van der Waals surface area contributed by atoms with Crippen molar-refractivity contribution in [1.29, 1.82) is 0 Å². The number of fused-ring (bicyclic) bond motifs is 1. The fourth-order valence-corrected chi connectivity index (χ4v) is 2.40. The fourth-order valence-electron chi connectivity index (χ4n) is 2.40. The van der Waals surface area contributed by atoms with Crippen LogP contribution in [0.4, 0.5) is 0 Å². The number of hydrogen-bond acceptors (Lipinski definition) is 5. The number of ether oxygens (including phenoxy) is 2. The largest absolute Gasteiger partial charge is 0.479 e. The second kappa shape index (κ2) is 6.58. The SMILES string of the molecule is COC(=O)[C@@H](C)Oc1ccc2cc(-c3ccccc3)c(=O)oc2c1. The zero-order valence-electron chi connectivity index (χ0n) is 13.3. The molecule has 0 N–H and O–H groups in total. The number of hydrogen-bond donors (Lipinski definition) is 0. The smallest absolute Gasteiger partial charge is 0.346 e. The van der Waals surface area contributed by atoms with Gasteiger partial charge in [0.2, 0.25) is 0 Å². The van der Waals surface area contributed by atoms with E-state index in [1.54, 1.807) is 31.2 Å². The highest BCUT2D eigenvalue weighted by Crippen LogP contribution is 2.24. The van der Waals surface area contributed by atoms with Gasteiger partial charge in [-0.3, -0.25) is 0 Å². The molecular formula is C19H16O5. The first kappa shape index (κ1) is 15.8. The molecule has 1 atom stereocenters. The van der Waals surface area contributed by atoms with E-state index < -0.39 is 17.7 Å². The lowest BCUT2D eigenvalue weighted by molar-refractivity contribution is -0.147. The second-order valence-corrected chi connectivity index (χ2v) is 5.30. The second-order valence-electron chi connectivity index (χ2n) is 5.30. The standard InChI is InChI=1S/C19H16O5/c1-12(18(20)22-2)23-15-9-8-14-10-16(13-6-4-3-5-7-13)19(21)24-17(14)11-15/h3-12H,1-2H3/t12-/m1/s1. The third-order valence-electron chi connectivity index (χ3n) is 3.64. The molecule has 0 radical (unpaired) electrons. The van der Waals surface area contributed by atoms with Gasteiger partial charge < -0.3 is 13.9 Å². The van der Waals surface area contributed by atoms with Crippen molar-refractivity contribution in [2.45, 2.75) is 13.0 Å². The molecule has 0 aliphatic heterocycles. The third kappa shape index (κ3) is 3.15. The van der Waals surface area contributed by atoms with E-state index in [-0.39, 0.29) is 0 Å². The molecule has 24 heavy (non-hydrogen) atoms. The van der Waals surface area contributed by atoms with Gasteiger partial charge in [0.25, 0.3) is 0 Å². The van der Waals surface area contributed by atoms with Crippen LogP contribution in [0.1, 0.15) is 6.92 Å². The third-order valence-corrected chi connectivity index (χ3v) is 3.64. The predicted octanol–water partition coefficient (Wildman–Crippen LogP) is 3.40. The van der Waals surface area contributed by atoms with E-state index >= 15 is 0 Å². The summed E-state index contributed by atoms with van der Waals surface area (Å²) in [6.45, 7) is 1.59. The first-order valence-electron chi connectivity index (χ1n) is 7.46. The summed E-state index contributed by atoms with van der Waals surface area (Å²) in [5.74, 6) is -0.0491. The maximum Gasteiger partial charge on any atom is 0.346 e. The summed E-state index contributed by atoms with van der Waals surface area (Å²) in [7, 11) is 1.30. The zero-order chi connectivity index (χ0) is 17.1. The molecule has 5 heteroatoms. The number of benzene rings is 2. The zero-order valence-corrected chi connectivity index (χ0v) is 13.3. The van der Waals surface area contributed by atoms with Crippen molar-refractivity contribution in [3.8, 4) is 16.9 Å². The summed E-state index contributed by atoms with van der Waals surface area (Å²) in [4.78, 5) is 23.7. The molecule has 3 aromatic rings. The van der Waals surface area contributed by atoms with Crippen LogP contribution in [-0.4, -0.2) is 19.2 Å². The van der Waals surface area contributed by atoms with Crippen LogP contribution in [0.2, 0.25) is 0 Å². The normalized spacial score (nSPS) is 11.9. The molecule has 0 aliphatic carbocycles. The summed E-state index contributed by atoms with van der Waals surface area (Å²) in [6.07, 6.45) is -0.747. The number of carbonyl (C=O) groups is 1. The highest BCUT2D eigenvalue weighted by Gasteiger charge is 2.15. The molecule has 3 rings (SSSR count). The molecular weight excluding hydrogens is 308 g/mol. The van der Waals surface area contributed by atoms with E-state index in [2.05, 4.69) is 4.74 Å². The molecule has 1 aromatic heterocycles. The van der Waals surface area contributed by atoms with Crippen LogP contribution in [0.15, 0.2) is 63.8 Å². The van der Waals surface area contributed by atoms with Crippen LogP contribution in [0, 0.1) is 0 Å². The summed E-state index contributed by atoms with van der Waals surface area (Å²) in [5.41, 5.74) is 1.27. The molecule has 0 spiro atoms. The van der Waals surface area contributed by atoms with Crippen LogP contribution >= 0.6 is 0 Å². The number of esters is 1. The van der Waals surface area contributed by atoms with E-state index in [1.165, 1.54) is 7.11 Å². The highest BCUT2D eigenvalue weighted by molar-refractivity contribution is 5.83. The van der Waals surface area contributed by atoms with Gasteiger partial charge in [0.05, 0.1) is 12.7 Å². The summed E-state index contributed by atoms with van der Waals surface area (Å²) in [5, 5.41) is 0.770. The van der Waals surface area contributed by atoms with Gasteiger partial charge in [0.15, 0.2) is 6.10 Å². The van der Waals surface area contributed by atoms with Crippen molar-refractivity contribution >= 4 is 16.9 Å². The van der Waals surface area contributed by atoms with Gasteiger partial charge in [-0.2, -0.15) is 0 Å². The Balaban J connectivity index is 1.98. The summed E-state index contributed by atoms with van der Waals surface area (Å²) in [6, 6.07) is 16.2. The lowest BCUT2D eigenvalue weighted by Crippen LogP contribution is -2.24. The number of carbonyl (C=O) groups excluding carboxylic acids is 1. The van der Waals surface area contributed by atoms with E-state index in [9.17, 15) is 9.59 Å². The van der Waals surface area contributed by atoms with E-state index in [0.29, 0.717) is 16.9 Å². The maximum atomic E-state index is 12.2. The molecule has 0 amide bonds. The first-order chi connectivity index (χ1) is 11.6. The minimum atomic E-state index is -0.747. The molecule has 2 aromatic carbocycles. The maximum absolute atomic E-state index is 12.2. The molecule has 0 fully saturated rings. The summed E-state index contributed by atoms with van der Waals surface area (Å²) >= 11 is 0. The Morgan fingerprint density at radius 2 is 1.83 bits per heavy atom. The predicted molar refractivity (Wildman–Crippen MR) is 90.0 cm³/mol. The van der Waals surface area contributed by atoms with Crippen LogP contribution in [-0.2, 0) is 9.53 Å². The van der Waals surface area contributed by atoms with E-state index in [1.807, 2.05) is 30.3 Å². The molecule has 122 valence electrons. The molecule has 0 saturated heterocycles. The Labute approximate surface area is 138 Å². The summed E-state index contributed by atoms with van der Waals surface area (Å²) < 4.78 is 15.5. The average molecular weight is 324 g/mol. The van der Waals surface area contributed by atoms with E-state index in [4.69, 9.17) is 9.15 Å². The Kier molecular flexibility index (Phi) is 4.33. The lowest BCUT2D eigenvalue weighted by atomic mass is 10.1. The monoisotopic (exact) mass is 324 g/mol. The molecule has 0 saturated carbocycles. The van der Waals surface area contributed by atoms with Crippen LogP contribution in [0.5, 0.6) is 5.75 Å². The van der Waals surface area contributed by atoms with Gasteiger partial charge in [-0.05, 0) is 30.7 Å².